The van der Waals surface area contributed by atoms with Gasteiger partial charge in [0.1, 0.15) is 17.5 Å². The molecule has 2 aliphatic heterocycles. The zero-order valence-corrected chi connectivity index (χ0v) is 18.7. The van der Waals surface area contributed by atoms with E-state index in [-0.39, 0.29) is 29.3 Å². The number of likely N-dealkylation sites (tertiary alicyclic amines) is 2. The fraction of sp³-hybridized carbons (Fsp3) is 0.542. The number of hydrogen-bond donors (Lipinski definition) is 1. The third-order valence-electron chi connectivity index (χ3n) is 7.28. The molecule has 3 fully saturated rings. The average Bonchev–Trinajstić information content (AvgIpc) is 3.44. The molecule has 2 atom stereocenters. The van der Waals surface area contributed by atoms with Gasteiger partial charge in [0.05, 0.1) is 11.5 Å². The highest BCUT2D eigenvalue weighted by molar-refractivity contribution is 5.94. The minimum absolute atomic E-state index is 0.0514. The van der Waals surface area contributed by atoms with Crippen molar-refractivity contribution < 1.29 is 27.3 Å². The summed E-state index contributed by atoms with van der Waals surface area (Å²) < 4.78 is 46.4. The van der Waals surface area contributed by atoms with Gasteiger partial charge in [0, 0.05) is 56.5 Å². The molecule has 0 unspecified atom stereocenters. The van der Waals surface area contributed by atoms with E-state index < -0.39 is 28.9 Å². The van der Waals surface area contributed by atoms with Gasteiger partial charge in [-0.3, -0.25) is 14.5 Å². The topological polar surface area (TPSA) is 78.7 Å². The van der Waals surface area contributed by atoms with Gasteiger partial charge in [0.15, 0.2) is 11.5 Å². The monoisotopic (exact) mass is 476 g/mol. The summed E-state index contributed by atoms with van der Waals surface area (Å²) in [6.45, 7) is 2.86. The fourth-order valence-corrected chi connectivity index (χ4v) is 5.29. The van der Waals surface area contributed by atoms with Crippen molar-refractivity contribution in [3.05, 3.63) is 41.3 Å². The molecule has 0 bridgehead atoms. The van der Waals surface area contributed by atoms with Crippen LogP contribution in [0.25, 0.3) is 11.3 Å². The average molecular weight is 476 g/mol. The van der Waals surface area contributed by atoms with Gasteiger partial charge in [-0.15, -0.1) is 0 Å². The van der Waals surface area contributed by atoms with Crippen molar-refractivity contribution in [3.8, 4) is 11.3 Å². The first-order valence-electron chi connectivity index (χ1n) is 11.9. The Bertz CT molecular complexity index is 1060. The minimum atomic E-state index is -1.15. The van der Waals surface area contributed by atoms with Gasteiger partial charge in [-0.1, -0.05) is 18.0 Å². The molecule has 1 N–H and O–H groups in total. The highest BCUT2D eigenvalue weighted by Gasteiger charge is 2.41. The number of nitrogens with zero attached hydrogens (tertiary/aromatic N) is 3. The van der Waals surface area contributed by atoms with Gasteiger partial charge in [0.2, 0.25) is 5.91 Å². The first-order valence-corrected chi connectivity index (χ1v) is 11.9. The van der Waals surface area contributed by atoms with Crippen LogP contribution in [-0.2, 0) is 4.79 Å². The van der Waals surface area contributed by atoms with Crippen molar-refractivity contribution in [3.63, 3.8) is 0 Å². The molecule has 7 nitrogen and oxygen atoms in total. The molecule has 3 aliphatic rings. The highest BCUT2D eigenvalue weighted by Crippen LogP contribution is 2.31. The van der Waals surface area contributed by atoms with Crippen LogP contribution < -0.4 is 5.32 Å². The van der Waals surface area contributed by atoms with E-state index in [0.717, 1.165) is 45.0 Å². The van der Waals surface area contributed by atoms with Crippen molar-refractivity contribution in [1.29, 1.82) is 0 Å². The van der Waals surface area contributed by atoms with Crippen molar-refractivity contribution in [2.24, 2.45) is 5.92 Å². The van der Waals surface area contributed by atoms with Crippen molar-refractivity contribution in [2.75, 3.05) is 26.2 Å². The zero-order chi connectivity index (χ0) is 23.8. The number of amides is 2. The molecule has 1 aromatic heterocycles. The van der Waals surface area contributed by atoms with E-state index in [4.69, 9.17) is 4.52 Å². The predicted molar refractivity (Wildman–Crippen MR) is 116 cm³/mol. The number of nitrogens with one attached hydrogen (secondary N) is 1. The van der Waals surface area contributed by atoms with Gasteiger partial charge in [-0.25, -0.2) is 13.2 Å². The van der Waals surface area contributed by atoms with Crippen LogP contribution >= 0.6 is 0 Å². The van der Waals surface area contributed by atoms with E-state index in [9.17, 15) is 22.8 Å². The third kappa shape index (κ3) is 4.43. The van der Waals surface area contributed by atoms with E-state index in [2.05, 4.69) is 15.4 Å². The maximum Gasteiger partial charge on any atom is 0.273 e. The molecule has 1 saturated carbocycles. The summed E-state index contributed by atoms with van der Waals surface area (Å²) in [6, 6.07) is 2.30. The molecular formula is C24H27F3N4O3. The summed E-state index contributed by atoms with van der Waals surface area (Å²) in [4.78, 5) is 30.3. The molecular weight excluding hydrogens is 449 g/mol. The smallest absolute Gasteiger partial charge is 0.273 e. The third-order valence-corrected chi connectivity index (χ3v) is 7.28. The molecule has 2 amide bonds. The Labute approximate surface area is 195 Å². The van der Waals surface area contributed by atoms with E-state index in [0.29, 0.717) is 31.1 Å². The number of aromatic nitrogens is 1. The molecule has 10 heteroatoms. The molecule has 3 heterocycles. The van der Waals surface area contributed by atoms with Gasteiger partial charge in [0.25, 0.3) is 5.91 Å². The van der Waals surface area contributed by atoms with E-state index >= 15 is 0 Å². The Morgan fingerprint density at radius 3 is 2.32 bits per heavy atom. The second-order valence-electron chi connectivity index (χ2n) is 9.41. The number of benzene rings is 1. The number of carbonyl (C=O) groups excluding carboxylic acids is 2. The Kier molecular flexibility index (Phi) is 6.33. The van der Waals surface area contributed by atoms with Crippen LogP contribution in [0.3, 0.4) is 0 Å². The first-order chi connectivity index (χ1) is 16.4. The van der Waals surface area contributed by atoms with Gasteiger partial charge in [-0.05, 0) is 25.7 Å². The van der Waals surface area contributed by atoms with Gasteiger partial charge >= 0.3 is 0 Å². The molecule has 1 aromatic carbocycles. The van der Waals surface area contributed by atoms with Crippen molar-refractivity contribution in [2.45, 2.75) is 50.6 Å². The normalized spacial score (nSPS) is 23.7. The lowest BCUT2D eigenvalue weighted by molar-refractivity contribution is -0.142. The second kappa shape index (κ2) is 9.40. The van der Waals surface area contributed by atoms with Crippen LogP contribution in [0.15, 0.2) is 22.7 Å². The van der Waals surface area contributed by atoms with Crippen LogP contribution in [-0.4, -0.2) is 65.0 Å². The van der Waals surface area contributed by atoms with E-state index in [1.165, 1.54) is 12.8 Å². The van der Waals surface area contributed by atoms with Crippen LogP contribution in [0.4, 0.5) is 13.2 Å². The van der Waals surface area contributed by atoms with Crippen LogP contribution in [0.5, 0.6) is 0 Å². The summed E-state index contributed by atoms with van der Waals surface area (Å²) in [5.41, 5.74) is -0.754. The number of piperidine rings is 1. The lowest BCUT2D eigenvalue weighted by Crippen LogP contribution is -2.59. The van der Waals surface area contributed by atoms with Crippen molar-refractivity contribution in [1.82, 2.24) is 20.3 Å². The Morgan fingerprint density at radius 1 is 0.971 bits per heavy atom. The summed E-state index contributed by atoms with van der Waals surface area (Å²) >= 11 is 0. The number of halogens is 3. The molecule has 5 rings (SSSR count). The lowest BCUT2D eigenvalue weighted by Gasteiger charge is -2.44. The summed E-state index contributed by atoms with van der Waals surface area (Å²) in [5, 5.41) is 6.55. The molecule has 2 aromatic rings. The molecule has 2 saturated heterocycles. The van der Waals surface area contributed by atoms with E-state index in [1.54, 1.807) is 0 Å². The van der Waals surface area contributed by atoms with Gasteiger partial charge in [-0.2, -0.15) is 0 Å². The first kappa shape index (κ1) is 22.9. The molecule has 182 valence electrons. The number of carbonyl (C=O) groups is 2. The lowest BCUT2D eigenvalue weighted by atomic mass is 9.88. The molecule has 0 radical (unpaired) electrons. The summed E-state index contributed by atoms with van der Waals surface area (Å²) in [6.07, 6.45) is 6.30. The minimum Gasteiger partial charge on any atom is -0.355 e. The Morgan fingerprint density at radius 2 is 1.68 bits per heavy atom. The van der Waals surface area contributed by atoms with Crippen LogP contribution in [0, 0.1) is 23.4 Å². The second-order valence-corrected chi connectivity index (χ2v) is 9.41. The Balaban J connectivity index is 1.31. The fourth-order valence-electron chi connectivity index (χ4n) is 5.29. The predicted octanol–water partition coefficient (Wildman–Crippen LogP) is 3.35. The SMILES string of the molecule is O=C(N[C@@H]1CCN(C2CCCC2)C[C@H]1C(=O)N1CCC1)c1cc(-c2c(F)cc(F)cc2F)on1. The van der Waals surface area contributed by atoms with Gasteiger partial charge < -0.3 is 14.7 Å². The maximum atomic E-state index is 14.1. The quantitative estimate of drug-likeness (QED) is 0.716. The molecule has 1 aliphatic carbocycles. The largest absolute Gasteiger partial charge is 0.355 e. The summed E-state index contributed by atoms with van der Waals surface area (Å²) in [7, 11) is 0. The molecule has 0 spiro atoms. The Hall–Kier alpha value is -2.88. The standard InChI is InChI=1S/C24H27F3N4O3/c25-14-10-17(26)22(18(27)11-14)21-12-20(29-34-21)23(32)28-19-6-9-31(15-4-1-2-5-15)13-16(19)24(33)30-7-3-8-30/h10-12,15-16,19H,1-9,13H2,(H,28,32)/t16-,19-/m1/s1. The summed E-state index contributed by atoms with van der Waals surface area (Å²) in [5.74, 6) is -4.58. The van der Waals surface area contributed by atoms with Crippen LogP contribution in [0.1, 0.15) is 49.0 Å². The number of hydrogen-bond acceptors (Lipinski definition) is 5. The number of rotatable bonds is 5. The zero-order valence-electron chi connectivity index (χ0n) is 18.7. The van der Waals surface area contributed by atoms with E-state index in [1.807, 2.05) is 4.90 Å². The molecule has 34 heavy (non-hydrogen) atoms. The highest BCUT2D eigenvalue weighted by atomic mass is 19.1. The van der Waals surface area contributed by atoms with Crippen LogP contribution in [0.2, 0.25) is 0 Å². The maximum absolute atomic E-state index is 14.1. The van der Waals surface area contributed by atoms with Crippen molar-refractivity contribution >= 4 is 11.8 Å².